The number of anilines is 2. The molecule has 716 valence electrons. The number of hydrogen-bond acceptors (Lipinski definition) is 30. The van der Waals surface area contributed by atoms with Crippen molar-refractivity contribution in [2.24, 2.45) is 35.5 Å². The molecule has 3 saturated heterocycles. The van der Waals surface area contributed by atoms with Gasteiger partial charge in [0.25, 0.3) is 17.7 Å². The average Bonchev–Trinajstić information content (AvgIpc) is 1.61. The maximum Gasteiger partial charge on any atom is 0.407 e. The highest BCUT2D eigenvalue weighted by Gasteiger charge is 2.53. The Balaban J connectivity index is 0.523. The first-order chi connectivity index (χ1) is 62.6. The van der Waals surface area contributed by atoms with E-state index in [0.29, 0.717) is 223 Å². The molecule has 4 amide bonds. The van der Waals surface area contributed by atoms with Crippen molar-refractivity contribution in [1.82, 2.24) is 50.1 Å². The van der Waals surface area contributed by atoms with E-state index in [-0.39, 0.29) is 80.1 Å². The van der Waals surface area contributed by atoms with E-state index in [1.54, 1.807) is 54.1 Å². The third-order valence-corrected chi connectivity index (χ3v) is 26.0. The number of benzene rings is 2. The first-order valence-corrected chi connectivity index (χ1v) is 46.3. The highest BCUT2D eigenvalue weighted by molar-refractivity contribution is 6.39. The monoisotopic (exact) mass is 1810 g/mol. The molecule has 5 aliphatic heterocycles. The van der Waals surface area contributed by atoms with E-state index >= 15 is 0 Å². The first kappa shape index (κ1) is 101. The number of carbonyl (C=O) groups excluding carboxylic acids is 7. The molecule has 35 nitrogen and oxygen atoms in total. The van der Waals surface area contributed by atoms with Gasteiger partial charge in [0.15, 0.2) is 17.0 Å². The number of nitrogens with two attached hydrogens (primary N) is 2. The number of ether oxygens (including phenoxy) is 11. The SMILES string of the molecule is CO[C@H]1C[C@@H]2CC[C@@H](C)[C@@](O)(O2)C(=O)C(=O)N2CCCC[C@H]2C(=O)O[C@H]([C@H](C)C[C@@H]2CC[C@@H](OC(=O)NC3CCN(CC(=O)NCCOCCOCCOCCOCCOCCOCCC(=O)N4CCc5cc(Cn6nc(-c7ccc8oc(N)nc8c7)c7c(N)ncnc76)ccc5C4)CC3)[C@H](OC)C2)C[C@@H](O)[C@H](C)/C=C(\C)[C@@H](O)[C@@H](O)C(=O)[C@H](C)C[C@H](C)/C=C/C=CC=C1C. The number of nitrogens with zero attached hydrogens (tertiary/aromatic N) is 8. The van der Waals surface area contributed by atoms with Gasteiger partial charge in [-0.05, 0) is 161 Å². The molecule has 1 aliphatic carbocycles. The zero-order valence-corrected chi connectivity index (χ0v) is 77.0. The summed E-state index contributed by atoms with van der Waals surface area (Å²) < 4.78 is 71.8. The number of aliphatic hydroxyl groups is 4. The number of esters is 1. The van der Waals surface area contributed by atoms with Crippen molar-refractivity contribution in [2.45, 2.75) is 231 Å². The Morgan fingerprint density at radius 3 is 2.13 bits per heavy atom. The van der Waals surface area contributed by atoms with Crippen LogP contribution in [0, 0.1) is 35.5 Å². The molecular weight excluding hydrogens is 1680 g/mol. The summed E-state index contributed by atoms with van der Waals surface area (Å²) in [6, 6.07) is 10.5. The predicted octanol–water partition coefficient (Wildman–Crippen LogP) is 7.87. The van der Waals surface area contributed by atoms with Crippen molar-refractivity contribution in [1.29, 1.82) is 0 Å². The fraction of sp³-hybridized carbons (Fsp3) is 0.653. The molecule has 11 rings (SSSR count). The van der Waals surface area contributed by atoms with E-state index in [0.717, 1.165) is 28.7 Å². The van der Waals surface area contributed by atoms with Gasteiger partial charge in [0.05, 0.1) is 129 Å². The number of aromatic nitrogens is 5. The number of hydrogen-bond donors (Lipinski definition) is 8. The molecule has 0 spiro atoms. The quantitative estimate of drug-likeness (QED) is 0.00856. The second-order valence-electron chi connectivity index (χ2n) is 35.8. The Bertz CT molecular complexity index is 4660. The minimum Gasteiger partial charge on any atom is -0.460 e. The molecular formula is C95H138N12O23. The number of methoxy groups -OCH3 is 2. The molecule has 8 heterocycles. The van der Waals surface area contributed by atoms with Gasteiger partial charge in [-0.1, -0.05) is 89.3 Å². The number of amides is 4. The van der Waals surface area contributed by atoms with E-state index in [4.69, 9.17) is 73.1 Å². The van der Waals surface area contributed by atoms with Gasteiger partial charge >= 0.3 is 12.1 Å². The van der Waals surface area contributed by atoms with Crippen molar-refractivity contribution in [3.63, 3.8) is 0 Å². The Kier molecular flexibility index (Phi) is 39.2. The molecule has 1 saturated carbocycles. The fourth-order valence-corrected chi connectivity index (χ4v) is 18.3. The molecule has 2 aromatic carbocycles. The third-order valence-electron chi connectivity index (χ3n) is 26.0. The van der Waals surface area contributed by atoms with Crippen LogP contribution in [0.3, 0.4) is 0 Å². The van der Waals surface area contributed by atoms with E-state index < -0.39 is 114 Å². The molecule has 0 unspecified atom stereocenters. The minimum atomic E-state index is -2.48. The number of nitrogen functional groups attached to an aromatic ring is 2. The van der Waals surface area contributed by atoms with Crippen LogP contribution < -0.4 is 22.1 Å². The number of fused-ring (bicyclic) bond motifs is 6. The number of oxazole rings is 1. The highest BCUT2D eigenvalue weighted by Crippen LogP contribution is 2.40. The molecule has 0 radical (unpaired) electrons. The second-order valence-corrected chi connectivity index (χ2v) is 35.8. The van der Waals surface area contributed by atoms with Crippen molar-refractivity contribution >= 4 is 75.3 Å². The number of aliphatic hydroxyl groups excluding tert-OH is 3. The zero-order valence-electron chi connectivity index (χ0n) is 77.0. The second kappa shape index (κ2) is 50.2. The lowest BCUT2D eigenvalue weighted by Crippen LogP contribution is -2.61. The Labute approximate surface area is 761 Å². The van der Waals surface area contributed by atoms with Crippen LogP contribution in [0.15, 0.2) is 94.7 Å². The summed E-state index contributed by atoms with van der Waals surface area (Å²) in [7, 11) is 3.13. The molecule has 10 N–H and O–H groups in total. The number of cyclic esters (lactones) is 1. The van der Waals surface area contributed by atoms with Crippen molar-refractivity contribution in [3.05, 3.63) is 107 Å². The maximum absolute atomic E-state index is 14.8. The third kappa shape index (κ3) is 28.7. The molecule has 6 aliphatic rings. The van der Waals surface area contributed by atoms with Gasteiger partial charge < -0.3 is 109 Å². The van der Waals surface area contributed by atoms with Crippen molar-refractivity contribution in [2.75, 3.05) is 144 Å². The molecule has 2 bridgehead atoms. The Morgan fingerprint density at radius 1 is 0.715 bits per heavy atom. The summed E-state index contributed by atoms with van der Waals surface area (Å²) in [6.07, 6.45) is 11.2. The zero-order chi connectivity index (χ0) is 93.0. The normalized spacial score (nSPS) is 27.5. The van der Waals surface area contributed by atoms with Gasteiger partial charge in [-0.2, -0.15) is 10.1 Å². The predicted molar refractivity (Wildman–Crippen MR) is 483 cm³/mol. The smallest absolute Gasteiger partial charge is 0.407 e. The summed E-state index contributed by atoms with van der Waals surface area (Å²) in [5.74, 6) is -8.31. The van der Waals surface area contributed by atoms with E-state index in [2.05, 4.69) is 43.8 Å². The molecule has 130 heavy (non-hydrogen) atoms. The van der Waals surface area contributed by atoms with Crippen LogP contribution in [-0.2, 0) is 100 Å². The number of likely N-dealkylation sites (tertiary alicyclic amines) is 1. The molecule has 16 atom stereocenters. The highest BCUT2D eigenvalue weighted by atomic mass is 16.6. The summed E-state index contributed by atoms with van der Waals surface area (Å²) in [5.41, 5.74) is 19.8. The van der Waals surface area contributed by atoms with Gasteiger partial charge in [-0.25, -0.2) is 24.2 Å². The summed E-state index contributed by atoms with van der Waals surface area (Å²) in [6.45, 7) is 20.2. The van der Waals surface area contributed by atoms with Crippen LogP contribution in [0.5, 0.6) is 0 Å². The minimum absolute atomic E-state index is 0.0141. The number of allylic oxidation sites excluding steroid dienone is 5. The van der Waals surface area contributed by atoms with Crippen LogP contribution in [-0.4, -0.2) is 301 Å². The van der Waals surface area contributed by atoms with Crippen LogP contribution in [0.4, 0.5) is 16.6 Å². The molecule has 35 heteroatoms. The van der Waals surface area contributed by atoms with Gasteiger partial charge in [-0.3, -0.25) is 28.9 Å². The standard InChI is InChI=1S/C95H138N12O23/c1-59-15-11-10-12-16-60(2)78(119-8)53-72-23-18-65(7)95(118,130-72)88(114)91(115)106-31-14-13-17-74(106)92(116)127-79(54-75(108)61(3)48-64(6)86(112)87(113)85(111)63(5)47-59)62(4)49-66-20-24-77(80(51-66)120-9)129-94(117)101-71-27-32-104(33-28-71)57-81(109)98-30-36-122-38-40-124-42-44-126-46-45-125-43-41-123-39-37-121-35-29-82(110)105-34-26-68-50-67(19-21-70(68)56-105)55-107-90-83(89(96)99-58-100-90)84(103-107)69-22-25-76-73(52-69)102-93(97)128-76/h10-12,15-16,19,21-22,25,48,50,52,58-59,61-63,65-66,71-72,74-75,77-80,86-87,108,112-113,118H,13-14,17-18,20,23-24,26-47,49,51,53-57H2,1-9H3,(H2,97,102)(H,98,109)(H,101,117)(H2,96,99,100)/b12-10?,15-11+,60-16?,64-48+/t59-,61-,62-,63-,65-,66+,72+,74+,75-,77-,78+,79+,80-,86-,87+,95-/m1/s1. The van der Waals surface area contributed by atoms with Gasteiger partial charge in [-0.15, -0.1) is 0 Å². The lowest BCUT2D eigenvalue weighted by Gasteiger charge is -2.43. The summed E-state index contributed by atoms with van der Waals surface area (Å²) >= 11 is 0. The summed E-state index contributed by atoms with van der Waals surface area (Å²) in [5, 5.41) is 58.3. The fourth-order valence-electron chi connectivity index (χ4n) is 18.3. The number of piperidine rings is 2. The summed E-state index contributed by atoms with van der Waals surface area (Å²) in [4.78, 5) is 115. The molecule has 3 aromatic heterocycles. The number of carbonyl (C=O) groups is 7. The van der Waals surface area contributed by atoms with Gasteiger partial charge in [0.1, 0.15) is 53.8 Å². The first-order valence-electron chi connectivity index (χ1n) is 46.3. The van der Waals surface area contributed by atoms with E-state index in [1.165, 1.54) is 16.8 Å². The van der Waals surface area contributed by atoms with Crippen LogP contribution in [0.25, 0.3) is 33.4 Å². The van der Waals surface area contributed by atoms with E-state index in [1.807, 2.05) is 77.8 Å². The number of rotatable bonds is 33. The lowest BCUT2D eigenvalue weighted by atomic mass is 9.78. The number of Topliss-reactive ketones (excluding diaryl/α,β-unsaturated/α-hetero) is 2. The lowest BCUT2D eigenvalue weighted by molar-refractivity contribution is -0.265. The Morgan fingerprint density at radius 2 is 1.42 bits per heavy atom. The maximum atomic E-state index is 14.8. The van der Waals surface area contributed by atoms with Gasteiger partial charge in [0, 0.05) is 95.7 Å². The molecule has 4 fully saturated rings. The number of alkyl carbamates (subject to hydrolysis) is 1. The van der Waals surface area contributed by atoms with Crippen LogP contribution >= 0.6 is 0 Å². The molecule has 5 aromatic rings. The largest absolute Gasteiger partial charge is 0.460 e. The average molecular weight is 1820 g/mol. The van der Waals surface area contributed by atoms with Crippen molar-refractivity contribution < 1.29 is 111 Å². The topological polar surface area (TPSA) is 457 Å². The van der Waals surface area contributed by atoms with Crippen LogP contribution in [0.1, 0.15) is 161 Å². The van der Waals surface area contributed by atoms with Crippen LogP contribution in [0.2, 0.25) is 0 Å². The van der Waals surface area contributed by atoms with E-state index in [9.17, 15) is 54.0 Å². The Hall–Kier alpha value is -9.05. The number of ketones is 2. The van der Waals surface area contributed by atoms with Gasteiger partial charge in [0.2, 0.25) is 17.6 Å². The number of nitrogens with one attached hydrogen (secondary N) is 2. The van der Waals surface area contributed by atoms with Crippen molar-refractivity contribution in [3.8, 4) is 11.3 Å².